The molecule has 2 aromatic heterocycles. The first-order valence-corrected chi connectivity index (χ1v) is 6.94. The van der Waals surface area contributed by atoms with Gasteiger partial charge in [0.05, 0.1) is 18.3 Å². The van der Waals surface area contributed by atoms with E-state index < -0.39 is 0 Å². The molecule has 2 heterocycles. The van der Waals surface area contributed by atoms with Crippen LogP contribution in [-0.4, -0.2) is 16.1 Å². The molecule has 2 rings (SSSR count). The summed E-state index contributed by atoms with van der Waals surface area (Å²) < 4.78 is 5.55. The van der Waals surface area contributed by atoms with Gasteiger partial charge in [-0.25, -0.2) is 4.98 Å². The third-order valence-electron chi connectivity index (χ3n) is 2.33. The quantitative estimate of drug-likeness (QED) is 0.879. The second-order valence-corrected chi connectivity index (χ2v) is 5.80. The molecule has 0 atom stereocenters. The molecule has 5 nitrogen and oxygen atoms in total. The van der Waals surface area contributed by atoms with E-state index in [4.69, 9.17) is 10.5 Å². The van der Waals surface area contributed by atoms with E-state index in [2.05, 4.69) is 15.3 Å². The van der Waals surface area contributed by atoms with Crippen LogP contribution in [0.3, 0.4) is 0 Å². The maximum absolute atomic E-state index is 5.82. The first kappa shape index (κ1) is 13.6. The third kappa shape index (κ3) is 3.82. The molecule has 0 aliphatic heterocycles. The molecule has 0 fully saturated rings. The molecule has 0 saturated carbocycles. The van der Waals surface area contributed by atoms with Crippen molar-refractivity contribution in [1.82, 2.24) is 9.97 Å². The van der Waals surface area contributed by atoms with Gasteiger partial charge in [0.1, 0.15) is 10.8 Å². The second kappa shape index (κ2) is 5.88. The van der Waals surface area contributed by atoms with Crippen molar-refractivity contribution in [2.45, 2.75) is 33.4 Å². The van der Waals surface area contributed by atoms with Crippen molar-refractivity contribution >= 4 is 22.8 Å². The zero-order valence-corrected chi connectivity index (χ0v) is 12.1. The smallest absolute Gasteiger partial charge is 0.239 e. The summed E-state index contributed by atoms with van der Waals surface area (Å²) in [5, 5.41) is 4.25. The Balaban J connectivity index is 2.04. The van der Waals surface area contributed by atoms with Gasteiger partial charge in [0, 0.05) is 11.1 Å². The van der Waals surface area contributed by atoms with Gasteiger partial charge in [0.25, 0.3) is 0 Å². The van der Waals surface area contributed by atoms with Crippen molar-refractivity contribution in [3.63, 3.8) is 0 Å². The Morgan fingerprint density at radius 3 is 2.84 bits per heavy atom. The lowest BCUT2D eigenvalue weighted by molar-refractivity contribution is 0.234. The zero-order chi connectivity index (χ0) is 13.8. The van der Waals surface area contributed by atoms with E-state index in [-0.39, 0.29) is 6.10 Å². The molecule has 3 N–H and O–H groups in total. The molecule has 0 saturated heterocycles. The highest BCUT2D eigenvalue weighted by atomic mass is 32.1. The van der Waals surface area contributed by atoms with E-state index in [1.54, 1.807) is 17.4 Å². The average molecular weight is 278 g/mol. The largest absolute Gasteiger partial charge is 0.473 e. The normalized spacial score (nSPS) is 10.7. The van der Waals surface area contributed by atoms with Gasteiger partial charge in [0.15, 0.2) is 0 Å². The lowest BCUT2D eigenvalue weighted by atomic mass is 10.4. The fraction of sp³-hybridized carbons (Fsp3) is 0.385. The number of nitrogen functional groups attached to an aromatic ring is 1. The van der Waals surface area contributed by atoms with Gasteiger partial charge >= 0.3 is 0 Å². The van der Waals surface area contributed by atoms with Crippen LogP contribution in [-0.2, 0) is 6.54 Å². The van der Waals surface area contributed by atoms with Crippen LogP contribution in [0, 0.1) is 6.92 Å². The van der Waals surface area contributed by atoms with Crippen LogP contribution in [0.5, 0.6) is 5.88 Å². The molecule has 0 aromatic carbocycles. The molecular formula is C13H18N4OS. The number of aryl methyl sites for hydroxylation is 1. The summed E-state index contributed by atoms with van der Waals surface area (Å²) in [6.07, 6.45) is 1.91. The number of aromatic nitrogens is 2. The fourth-order valence-corrected chi connectivity index (χ4v) is 2.24. The van der Waals surface area contributed by atoms with E-state index in [9.17, 15) is 0 Å². The number of ether oxygens (including phenoxy) is 1. The highest BCUT2D eigenvalue weighted by molar-refractivity contribution is 7.11. The number of nitrogens with zero attached hydrogens (tertiary/aromatic N) is 2. The number of hydrogen-bond acceptors (Lipinski definition) is 6. The van der Waals surface area contributed by atoms with Gasteiger partial charge in [-0.15, -0.1) is 11.3 Å². The summed E-state index contributed by atoms with van der Waals surface area (Å²) in [7, 11) is 0. The molecule has 19 heavy (non-hydrogen) atoms. The Hall–Kier alpha value is -1.82. The van der Waals surface area contributed by atoms with Gasteiger partial charge < -0.3 is 15.8 Å². The minimum absolute atomic E-state index is 0.0478. The second-order valence-electron chi connectivity index (χ2n) is 4.48. The first-order chi connectivity index (χ1) is 9.04. The molecule has 6 heteroatoms. The summed E-state index contributed by atoms with van der Waals surface area (Å²) in [4.78, 5) is 9.84. The molecule has 0 radical (unpaired) electrons. The van der Waals surface area contributed by atoms with Crippen molar-refractivity contribution in [3.8, 4) is 5.88 Å². The number of nitrogens with two attached hydrogens (primary N) is 1. The number of pyridine rings is 1. The molecule has 102 valence electrons. The van der Waals surface area contributed by atoms with Crippen LogP contribution in [0.15, 0.2) is 18.3 Å². The van der Waals surface area contributed by atoms with Crippen molar-refractivity contribution in [1.29, 1.82) is 0 Å². The fourth-order valence-electron chi connectivity index (χ4n) is 1.52. The predicted molar refractivity (Wildman–Crippen MR) is 78.6 cm³/mol. The highest BCUT2D eigenvalue weighted by Gasteiger charge is 2.07. The van der Waals surface area contributed by atoms with Gasteiger partial charge in [-0.1, -0.05) is 0 Å². The maximum Gasteiger partial charge on any atom is 0.239 e. The van der Waals surface area contributed by atoms with Gasteiger partial charge in [-0.05, 0) is 32.9 Å². The minimum Gasteiger partial charge on any atom is -0.473 e. The van der Waals surface area contributed by atoms with Crippen LogP contribution >= 0.6 is 11.3 Å². The maximum atomic E-state index is 5.82. The van der Waals surface area contributed by atoms with Crippen LogP contribution in [0.1, 0.15) is 23.7 Å². The van der Waals surface area contributed by atoms with E-state index >= 15 is 0 Å². The molecule has 2 aromatic rings. The van der Waals surface area contributed by atoms with E-state index in [1.165, 1.54) is 4.88 Å². The number of nitrogens with one attached hydrogen (secondary N) is 1. The summed E-state index contributed by atoms with van der Waals surface area (Å²) in [5.41, 5.74) is 6.37. The van der Waals surface area contributed by atoms with Gasteiger partial charge in [0.2, 0.25) is 5.88 Å². The topological polar surface area (TPSA) is 73.1 Å². The van der Waals surface area contributed by atoms with Gasteiger partial charge in [-0.2, -0.15) is 4.98 Å². The number of anilines is 2. The van der Waals surface area contributed by atoms with Gasteiger partial charge in [-0.3, -0.25) is 0 Å². The zero-order valence-electron chi connectivity index (χ0n) is 11.3. The number of hydrogen-bond donors (Lipinski definition) is 2. The molecule has 0 amide bonds. The van der Waals surface area contributed by atoms with Crippen molar-refractivity contribution in [2.24, 2.45) is 0 Å². The Morgan fingerprint density at radius 2 is 2.21 bits per heavy atom. The van der Waals surface area contributed by atoms with Crippen molar-refractivity contribution in [3.05, 3.63) is 28.2 Å². The van der Waals surface area contributed by atoms with E-state index in [1.807, 2.05) is 33.0 Å². The van der Waals surface area contributed by atoms with E-state index in [0.29, 0.717) is 18.1 Å². The summed E-state index contributed by atoms with van der Waals surface area (Å²) >= 11 is 1.67. The summed E-state index contributed by atoms with van der Waals surface area (Å²) in [6.45, 7) is 6.58. The Kier molecular flexibility index (Phi) is 4.21. The first-order valence-electron chi connectivity index (χ1n) is 6.13. The lowest BCUT2D eigenvalue weighted by Crippen LogP contribution is -2.10. The minimum atomic E-state index is 0.0478. The summed E-state index contributed by atoms with van der Waals surface area (Å²) in [5.74, 6) is 1.20. The number of rotatable bonds is 5. The molecule has 0 unspecified atom stereocenters. The SMILES string of the molecule is Cc1cnc(CNc2ccc(N)c(OC(C)C)n2)s1. The number of thiazole rings is 1. The summed E-state index contributed by atoms with van der Waals surface area (Å²) in [6, 6.07) is 3.63. The van der Waals surface area contributed by atoms with Crippen LogP contribution in [0.2, 0.25) is 0 Å². The van der Waals surface area contributed by atoms with Crippen LogP contribution < -0.4 is 15.8 Å². The molecule has 0 aliphatic carbocycles. The molecular weight excluding hydrogens is 260 g/mol. The Labute approximate surface area is 116 Å². The van der Waals surface area contributed by atoms with Crippen molar-refractivity contribution < 1.29 is 4.74 Å². The lowest BCUT2D eigenvalue weighted by Gasteiger charge is -2.12. The van der Waals surface area contributed by atoms with Crippen LogP contribution in [0.4, 0.5) is 11.5 Å². The highest BCUT2D eigenvalue weighted by Crippen LogP contribution is 2.22. The average Bonchev–Trinajstić information content (AvgIpc) is 2.75. The van der Waals surface area contributed by atoms with Crippen molar-refractivity contribution in [2.75, 3.05) is 11.1 Å². The molecule has 0 bridgehead atoms. The predicted octanol–water partition coefficient (Wildman–Crippen LogP) is 2.83. The monoisotopic (exact) mass is 278 g/mol. The molecule has 0 spiro atoms. The Bertz CT molecular complexity index is 553. The molecule has 0 aliphatic rings. The third-order valence-corrected chi connectivity index (χ3v) is 3.24. The van der Waals surface area contributed by atoms with Crippen LogP contribution in [0.25, 0.3) is 0 Å². The Morgan fingerprint density at radius 1 is 1.42 bits per heavy atom. The van der Waals surface area contributed by atoms with E-state index in [0.717, 1.165) is 10.8 Å². The standard InChI is InChI=1S/C13H18N4OS/c1-8(2)18-13-10(14)4-5-11(17-13)15-7-12-16-6-9(3)19-12/h4-6,8H,7,14H2,1-3H3,(H,15,17).